The number of aryl methyl sites for hydroxylation is 1. The molecule has 3 heteroatoms. The van der Waals surface area contributed by atoms with Crippen LogP contribution >= 0.6 is 11.6 Å². The number of halogens is 1. The van der Waals surface area contributed by atoms with Crippen LogP contribution in [0.4, 0.5) is 0 Å². The fourth-order valence-electron chi connectivity index (χ4n) is 1.43. The van der Waals surface area contributed by atoms with Crippen molar-refractivity contribution >= 4 is 11.6 Å². The first kappa shape index (κ1) is 11.3. The van der Waals surface area contributed by atoms with Gasteiger partial charge in [-0.25, -0.2) is 0 Å². The zero-order valence-corrected chi connectivity index (χ0v) is 9.30. The monoisotopic (exact) mass is 213 g/mol. The van der Waals surface area contributed by atoms with Crippen molar-refractivity contribution in [3.8, 4) is 5.75 Å². The number of benzene rings is 1. The first-order chi connectivity index (χ1) is 6.54. The summed E-state index contributed by atoms with van der Waals surface area (Å²) in [4.78, 5) is 0. The molecule has 0 saturated carbocycles. The molecule has 1 aromatic rings. The Hall–Kier alpha value is -0.730. The van der Waals surface area contributed by atoms with Crippen molar-refractivity contribution in [2.45, 2.75) is 32.7 Å². The second-order valence-corrected chi connectivity index (χ2v) is 4.01. The Bertz CT molecular complexity index is 323. The van der Waals surface area contributed by atoms with Crippen LogP contribution in [-0.4, -0.2) is 11.1 Å². The van der Waals surface area contributed by atoms with Gasteiger partial charge in [0.25, 0.3) is 0 Å². The minimum absolute atomic E-state index is 0.0319. The molecule has 0 saturated heterocycles. The van der Waals surface area contributed by atoms with E-state index in [1.165, 1.54) is 0 Å². The lowest BCUT2D eigenvalue weighted by Gasteiger charge is -2.10. The smallest absolute Gasteiger partial charge is 0.119 e. The summed E-state index contributed by atoms with van der Waals surface area (Å²) in [5, 5.41) is 10.4. The molecule has 0 fully saturated rings. The lowest BCUT2D eigenvalue weighted by molar-refractivity contribution is 0.465. The zero-order chi connectivity index (χ0) is 10.7. The van der Waals surface area contributed by atoms with E-state index in [0.29, 0.717) is 17.2 Å². The maximum Gasteiger partial charge on any atom is 0.119 e. The van der Waals surface area contributed by atoms with Crippen molar-refractivity contribution in [3.63, 3.8) is 0 Å². The average molecular weight is 214 g/mol. The van der Waals surface area contributed by atoms with Gasteiger partial charge in [-0.3, -0.25) is 0 Å². The van der Waals surface area contributed by atoms with Crippen LogP contribution in [-0.2, 0) is 12.8 Å². The molecular formula is C11H16ClNO. The molecule has 0 radical (unpaired) electrons. The predicted molar refractivity (Wildman–Crippen MR) is 59.8 cm³/mol. The maximum atomic E-state index is 9.68. The van der Waals surface area contributed by atoms with Gasteiger partial charge in [-0.15, -0.1) is 0 Å². The fraction of sp³-hybridized carbons (Fsp3) is 0.455. The fourth-order valence-corrected chi connectivity index (χ4v) is 1.75. The number of hydrogen-bond donors (Lipinski definition) is 2. The molecule has 0 bridgehead atoms. The standard InChI is InChI=1S/C11H16ClNO/c1-3-8-6-11(14)9(4-7(2)13)5-10(8)12/h5-7,14H,3-4,13H2,1-2H3. The molecule has 0 spiro atoms. The van der Waals surface area contributed by atoms with Crippen LogP contribution in [0.3, 0.4) is 0 Å². The molecule has 1 rings (SSSR count). The van der Waals surface area contributed by atoms with E-state index in [-0.39, 0.29) is 6.04 Å². The summed E-state index contributed by atoms with van der Waals surface area (Å²) in [5.74, 6) is 0.295. The van der Waals surface area contributed by atoms with E-state index in [1.807, 2.05) is 13.8 Å². The molecule has 0 aromatic heterocycles. The minimum atomic E-state index is 0.0319. The zero-order valence-electron chi connectivity index (χ0n) is 8.55. The van der Waals surface area contributed by atoms with E-state index >= 15 is 0 Å². The molecule has 1 unspecified atom stereocenters. The summed E-state index contributed by atoms with van der Waals surface area (Å²) in [6.45, 7) is 3.91. The van der Waals surface area contributed by atoms with Gasteiger partial charge in [0.05, 0.1) is 0 Å². The molecule has 0 aliphatic heterocycles. The molecule has 78 valence electrons. The van der Waals surface area contributed by atoms with E-state index in [1.54, 1.807) is 12.1 Å². The predicted octanol–water partition coefficient (Wildman–Crippen LogP) is 2.50. The van der Waals surface area contributed by atoms with Crippen molar-refractivity contribution in [2.75, 3.05) is 0 Å². The van der Waals surface area contributed by atoms with Gasteiger partial charge in [-0.2, -0.15) is 0 Å². The van der Waals surface area contributed by atoms with Gasteiger partial charge < -0.3 is 10.8 Å². The number of aromatic hydroxyl groups is 1. The van der Waals surface area contributed by atoms with E-state index < -0.39 is 0 Å². The SMILES string of the molecule is CCc1cc(O)c(CC(C)N)cc1Cl. The Morgan fingerprint density at radius 3 is 2.57 bits per heavy atom. The number of hydrogen-bond acceptors (Lipinski definition) is 2. The molecule has 0 amide bonds. The van der Waals surface area contributed by atoms with Crippen molar-refractivity contribution in [3.05, 3.63) is 28.3 Å². The topological polar surface area (TPSA) is 46.2 Å². The molecule has 0 heterocycles. The van der Waals surface area contributed by atoms with Gasteiger partial charge in [0.1, 0.15) is 5.75 Å². The van der Waals surface area contributed by atoms with E-state index in [9.17, 15) is 5.11 Å². The van der Waals surface area contributed by atoms with E-state index in [2.05, 4.69) is 0 Å². The number of phenols is 1. The Kier molecular flexibility index (Phi) is 3.78. The molecule has 2 nitrogen and oxygen atoms in total. The van der Waals surface area contributed by atoms with Crippen LogP contribution in [0, 0.1) is 0 Å². The summed E-state index contributed by atoms with van der Waals surface area (Å²) in [7, 11) is 0. The second kappa shape index (κ2) is 4.67. The van der Waals surface area contributed by atoms with Gasteiger partial charge in [0.2, 0.25) is 0 Å². The normalized spacial score (nSPS) is 12.9. The molecule has 0 aliphatic carbocycles. The van der Waals surface area contributed by atoms with Gasteiger partial charge in [0, 0.05) is 11.1 Å². The second-order valence-electron chi connectivity index (χ2n) is 3.61. The summed E-state index contributed by atoms with van der Waals surface area (Å²) in [6.07, 6.45) is 1.47. The Labute approximate surface area is 89.7 Å². The van der Waals surface area contributed by atoms with Gasteiger partial charge in [-0.05, 0) is 43.0 Å². The van der Waals surface area contributed by atoms with Crippen molar-refractivity contribution in [1.82, 2.24) is 0 Å². The first-order valence-electron chi connectivity index (χ1n) is 4.80. The summed E-state index contributed by atoms with van der Waals surface area (Å²) >= 11 is 6.03. The van der Waals surface area contributed by atoms with Crippen LogP contribution in [0.5, 0.6) is 5.75 Å². The van der Waals surface area contributed by atoms with Crippen LogP contribution in [0.15, 0.2) is 12.1 Å². The van der Waals surface area contributed by atoms with Gasteiger partial charge in [0.15, 0.2) is 0 Å². The molecule has 3 N–H and O–H groups in total. The Morgan fingerprint density at radius 2 is 2.07 bits per heavy atom. The van der Waals surface area contributed by atoms with Crippen LogP contribution in [0.25, 0.3) is 0 Å². The Balaban J connectivity index is 3.02. The van der Waals surface area contributed by atoms with Crippen molar-refractivity contribution in [2.24, 2.45) is 5.73 Å². The van der Waals surface area contributed by atoms with Crippen molar-refractivity contribution < 1.29 is 5.11 Å². The highest BCUT2D eigenvalue weighted by Gasteiger charge is 2.08. The highest BCUT2D eigenvalue weighted by molar-refractivity contribution is 6.31. The van der Waals surface area contributed by atoms with Crippen LogP contribution in [0.1, 0.15) is 25.0 Å². The van der Waals surface area contributed by atoms with E-state index in [0.717, 1.165) is 17.5 Å². The minimum Gasteiger partial charge on any atom is -0.508 e. The number of rotatable bonds is 3. The third-order valence-electron chi connectivity index (χ3n) is 2.17. The summed E-state index contributed by atoms with van der Waals surface area (Å²) in [5.41, 5.74) is 7.45. The molecule has 1 atom stereocenters. The third-order valence-corrected chi connectivity index (χ3v) is 2.52. The van der Waals surface area contributed by atoms with Crippen molar-refractivity contribution in [1.29, 1.82) is 0 Å². The molecule has 14 heavy (non-hydrogen) atoms. The average Bonchev–Trinajstić information content (AvgIpc) is 2.10. The van der Waals surface area contributed by atoms with Crippen LogP contribution < -0.4 is 5.73 Å². The quantitative estimate of drug-likeness (QED) is 0.811. The highest BCUT2D eigenvalue weighted by Crippen LogP contribution is 2.27. The lowest BCUT2D eigenvalue weighted by Crippen LogP contribution is -2.17. The van der Waals surface area contributed by atoms with Crippen LogP contribution in [0.2, 0.25) is 5.02 Å². The summed E-state index contributed by atoms with van der Waals surface area (Å²) < 4.78 is 0. The molecule has 1 aromatic carbocycles. The Morgan fingerprint density at radius 1 is 1.43 bits per heavy atom. The largest absolute Gasteiger partial charge is 0.508 e. The van der Waals surface area contributed by atoms with Gasteiger partial charge in [-0.1, -0.05) is 18.5 Å². The first-order valence-corrected chi connectivity index (χ1v) is 5.18. The summed E-state index contributed by atoms with van der Waals surface area (Å²) in [6, 6.07) is 3.56. The molecular weight excluding hydrogens is 198 g/mol. The van der Waals surface area contributed by atoms with Gasteiger partial charge >= 0.3 is 0 Å². The number of nitrogens with two attached hydrogens (primary N) is 1. The third kappa shape index (κ3) is 2.63. The number of phenolic OH excluding ortho intramolecular Hbond substituents is 1. The molecule has 0 aliphatic rings. The maximum absolute atomic E-state index is 9.68. The lowest BCUT2D eigenvalue weighted by atomic mass is 10.0. The van der Waals surface area contributed by atoms with E-state index in [4.69, 9.17) is 17.3 Å². The highest BCUT2D eigenvalue weighted by atomic mass is 35.5.